The van der Waals surface area contributed by atoms with E-state index in [1.165, 1.54) is 19.2 Å². The van der Waals surface area contributed by atoms with Crippen LogP contribution in [0.25, 0.3) is 0 Å². The second-order valence-corrected chi connectivity index (χ2v) is 6.58. The van der Waals surface area contributed by atoms with Gasteiger partial charge < -0.3 is 24.8 Å². The summed E-state index contributed by atoms with van der Waals surface area (Å²) in [6.07, 6.45) is 0. The first-order valence-electron chi connectivity index (χ1n) is 9.44. The Bertz CT molecular complexity index is 989. The number of amides is 2. The highest BCUT2D eigenvalue weighted by atomic mass is 19.1. The van der Waals surface area contributed by atoms with Gasteiger partial charge in [-0.05, 0) is 43.7 Å². The molecule has 30 heavy (non-hydrogen) atoms. The number of rotatable bonds is 7. The molecule has 8 heteroatoms. The third-order valence-electron chi connectivity index (χ3n) is 4.62. The number of halogens is 1. The lowest BCUT2D eigenvalue weighted by molar-refractivity contribution is -0.139. The maximum atomic E-state index is 13.9. The van der Waals surface area contributed by atoms with Crippen LogP contribution >= 0.6 is 0 Å². The molecule has 0 saturated carbocycles. The lowest BCUT2D eigenvalue weighted by Crippen LogP contribution is -2.45. The first-order valence-corrected chi connectivity index (χ1v) is 9.44. The molecule has 1 atom stereocenters. The first kappa shape index (κ1) is 21.2. The zero-order valence-corrected chi connectivity index (χ0v) is 17.0. The van der Waals surface area contributed by atoms with Gasteiger partial charge in [0.05, 0.1) is 25.3 Å². The number of hydrogen-bond donors (Lipinski definition) is 2. The minimum absolute atomic E-state index is 0.0360. The van der Waals surface area contributed by atoms with Gasteiger partial charge in [-0.15, -0.1) is 0 Å². The van der Waals surface area contributed by atoms with Gasteiger partial charge in [0.1, 0.15) is 12.4 Å². The average Bonchev–Trinajstić information content (AvgIpc) is 2.72. The fourth-order valence-corrected chi connectivity index (χ4v) is 3.23. The van der Waals surface area contributed by atoms with E-state index in [2.05, 4.69) is 10.6 Å². The van der Waals surface area contributed by atoms with Crippen molar-refractivity contribution in [2.45, 2.75) is 26.5 Å². The van der Waals surface area contributed by atoms with E-state index in [9.17, 15) is 14.0 Å². The van der Waals surface area contributed by atoms with Crippen molar-refractivity contribution in [3.63, 3.8) is 0 Å². The Balaban J connectivity index is 1.94. The first-order chi connectivity index (χ1) is 14.4. The predicted molar refractivity (Wildman–Crippen MR) is 107 cm³/mol. The van der Waals surface area contributed by atoms with E-state index in [0.717, 1.165) is 0 Å². The molecule has 1 aliphatic rings. The third kappa shape index (κ3) is 4.53. The molecule has 0 radical (unpaired) electrons. The van der Waals surface area contributed by atoms with Crippen molar-refractivity contribution in [2.24, 2.45) is 0 Å². The lowest BCUT2D eigenvalue weighted by Gasteiger charge is -2.28. The van der Waals surface area contributed by atoms with Crippen molar-refractivity contribution in [3.8, 4) is 11.5 Å². The van der Waals surface area contributed by atoms with Gasteiger partial charge >= 0.3 is 12.0 Å². The Labute approximate surface area is 173 Å². The summed E-state index contributed by atoms with van der Waals surface area (Å²) in [6, 6.07) is 10.2. The quantitative estimate of drug-likeness (QED) is 0.676. The van der Waals surface area contributed by atoms with Crippen LogP contribution in [0.4, 0.5) is 9.18 Å². The van der Waals surface area contributed by atoms with Crippen molar-refractivity contribution in [1.29, 1.82) is 0 Å². The van der Waals surface area contributed by atoms with Crippen LogP contribution in [0.2, 0.25) is 0 Å². The molecule has 0 unspecified atom stereocenters. The van der Waals surface area contributed by atoms with Crippen LogP contribution in [-0.4, -0.2) is 25.7 Å². The van der Waals surface area contributed by atoms with Crippen LogP contribution < -0.4 is 20.1 Å². The Morgan fingerprint density at radius 2 is 1.93 bits per heavy atom. The normalized spacial score (nSPS) is 15.9. The van der Waals surface area contributed by atoms with E-state index >= 15 is 0 Å². The molecular weight excluding hydrogens is 391 g/mol. The number of hydrogen-bond acceptors (Lipinski definition) is 5. The third-order valence-corrected chi connectivity index (χ3v) is 4.62. The van der Waals surface area contributed by atoms with Crippen LogP contribution in [-0.2, 0) is 16.1 Å². The summed E-state index contributed by atoms with van der Waals surface area (Å²) in [7, 11) is 1.52. The highest BCUT2D eigenvalue weighted by molar-refractivity contribution is 5.95. The van der Waals surface area contributed by atoms with E-state index in [1.54, 1.807) is 44.2 Å². The highest BCUT2D eigenvalue weighted by Crippen LogP contribution is 2.31. The number of benzene rings is 2. The van der Waals surface area contributed by atoms with Gasteiger partial charge in [0, 0.05) is 11.3 Å². The van der Waals surface area contributed by atoms with Crippen LogP contribution in [0.3, 0.4) is 0 Å². The molecule has 158 valence electrons. The minimum atomic E-state index is -0.712. The number of urea groups is 1. The average molecular weight is 414 g/mol. The van der Waals surface area contributed by atoms with Crippen LogP contribution in [0.5, 0.6) is 11.5 Å². The topological polar surface area (TPSA) is 85.9 Å². The van der Waals surface area contributed by atoms with Gasteiger partial charge in [-0.3, -0.25) is 0 Å². The van der Waals surface area contributed by atoms with Crippen LogP contribution in [0.1, 0.15) is 31.0 Å². The summed E-state index contributed by atoms with van der Waals surface area (Å²) in [5.41, 5.74) is 2.00. The molecule has 7 nitrogen and oxygen atoms in total. The highest BCUT2D eigenvalue weighted by Gasteiger charge is 2.32. The van der Waals surface area contributed by atoms with Gasteiger partial charge in [-0.2, -0.15) is 0 Å². The fraction of sp³-hybridized carbons (Fsp3) is 0.273. The molecule has 0 fully saturated rings. The zero-order valence-electron chi connectivity index (χ0n) is 17.0. The van der Waals surface area contributed by atoms with E-state index in [1.807, 2.05) is 0 Å². The van der Waals surface area contributed by atoms with Crippen LogP contribution in [0, 0.1) is 5.82 Å². The Hall–Kier alpha value is -3.55. The fourth-order valence-electron chi connectivity index (χ4n) is 3.23. The molecule has 0 aromatic heterocycles. The summed E-state index contributed by atoms with van der Waals surface area (Å²) in [5.74, 6) is -0.342. The van der Waals surface area contributed by atoms with Gasteiger partial charge in [0.15, 0.2) is 11.6 Å². The molecule has 3 rings (SSSR count). The molecular formula is C22H23FN2O5. The van der Waals surface area contributed by atoms with Gasteiger partial charge in [-0.25, -0.2) is 14.0 Å². The van der Waals surface area contributed by atoms with Crippen molar-refractivity contribution in [3.05, 3.63) is 70.7 Å². The molecule has 2 N–H and O–H groups in total. The van der Waals surface area contributed by atoms with E-state index in [4.69, 9.17) is 14.2 Å². The number of esters is 1. The van der Waals surface area contributed by atoms with E-state index in [-0.39, 0.29) is 19.0 Å². The molecule has 0 spiro atoms. The number of nitrogens with one attached hydrogen (secondary N) is 2. The minimum Gasteiger partial charge on any atom is -0.496 e. The summed E-state index contributed by atoms with van der Waals surface area (Å²) in [6.45, 7) is 3.60. The molecule has 0 bridgehead atoms. The van der Waals surface area contributed by atoms with Crippen LogP contribution in [0.15, 0.2) is 53.7 Å². The molecule has 0 aliphatic carbocycles. The summed E-state index contributed by atoms with van der Waals surface area (Å²) in [4.78, 5) is 24.5. The lowest BCUT2D eigenvalue weighted by atomic mass is 9.94. The van der Waals surface area contributed by atoms with Crippen molar-refractivity contribution >= 4 is 12.0 Å². The maximum Gasteiger partial charge on any atom is 0.338 e. The molecule has 2 aromatic rings. The molecule has 2 amide bonds. The van der Waals surface area contributed by atoms with E-state index in [0.29, 0.717) is 28.1 Å². The molecule has 1 heterocycles. The Kier molecular flexibility index (Phi) is 6.56. The standard InChI is InChI=1S/C22H23FN2O5/c1-4-29-21(26)19-13(2)24-22(27)25-20(19)14-9-10-17(28-3)15(11-14)12-30-18-8-6-5-7-16(18)23/h5-11,20H,4,12H2,1-3H3,(H2,24,25,27)/t20-/m0/s1. The number of allylic oxidation sites excluding steroid dienone is 1. The number of para-hydroxylation sites is 1. The SMILES string of the molecule is CCOC(=O)C1=C(C)NC(=O)N[C@H]1c1ccc(OC)c(COc2ccccc2F)c1. The van der Waals surface area contributed by atoms with Gasteiger partial charge in [-0.1, -0.05) is 18.2 Å². The monoisotopic (exact) mass is 414 g/mol. The number of methoxy groups -OCH3 is 1. The number of carbonyl (C=O) groups excluding carboxylic acids is 2. The smallest absolute Gasteiger partial charge is 0.338 e. The molecule has 2 aromatic carbocycles. The molecule has 1 aliphatic heterocycles. The number of carbonyl (C=O) groups is 2. The van der Waals surface area contributed by atoms with Gasteiger partial charge in [0.2, 0.25) is 0 Å². The summed E-state index contributed by atoms with van der Waals surface area (Å²) < 4.78 is 30.0. The van der Waals surface area contributed by atoms with Crippen molar-refractivity contribution in [1.82, 2.24) is 10.6 Å². The second-order valence-electron chi connectivity index (χ2n) is 6.58. The maximum absolute atomic E-state index is 13.9. The van der Waals surface area contributed by atoms with Crippen molar-refractivity contribution in [2.75, 3.05) is 13.7 Å². The largest absolute Gasteiger partial charge is 0.496 e. The summed E-state index contributed by atoms with van der Waals surface area (Å²) in [5, 5.41) is 5.35. The second kappa shape index (κ2) is 9.30. The van der Waals surface area contributed by atoms with E-state index < -0.39 is 23.9 Å². The Morgan fingerprint density at radius 1 is 1.17 bits per heavy atom. The summed E-state index contributed by atoms with van der Waals surface area (Å²) >= 11 is 0. The van der Waals surface area contributed by atoms with Gasteiger partial charge in [0.25, 0.3) is 0 Å². The predicted octanol–water partition coefficient (Wildman–Crippen LogP) is 3.60. The number of ether oxygens (including phenoxy) is 3. The molecule has 0 saturated heterocycles. The zero-order chi connectivity index (χ0) is 21.7. The van der Waals surface area contributed by atoms with Crippen molar-refractivity contribution < 1.29 is 28.2 Å². The Morgan fingerprint density at radius 3 is 2.63 bits per heavy atom.